The van der Waals surface area contributed by atoms with Gasteiger partial charge >= 0.3 is 0 Å². The Morgan fingerprint density at radius 1 is 1.03 bits per heavy atom. The minimum Gasteiger partial charge on any atom is -0.491 e. The Morgan fingerprint density at radius 3 is 2.37 bits per heavy atom. The van der Waals surface area contributed by atoms with Gasteiger partial charge in [0.1, 0.15) is 40.9 Å². The van der Waals surface area contributed by atoms with Crippen LogP contribution in [-0.2, 0) is 5.75 Å². The van der Waals surface area contributed by atoms with Crippen LogP contribution in [0.5, 0.6) is 5.75 Å². The first-order chi connectivity index (χ1) is 17.0. The van der Waals surface area contributed by atoms with Gasteiger partial charge in [0.05, 0.1) is 17.9 Å². The van der Waals surface area contributed by atoms with Gasteiger partial charge in [0, 0.05) is 21.9 Å². The number of hydrogen-bond acceptors (Lipinski definition) is 9. The quantitative estimate of drug-likeness (QED) is 0.316. The summed E-state index contributed by atoms with van der Waals surface area (Å²) < 4.78 is 11.0. The maximum atomic E-state index is 10.0. The van der Waals surface area contributed by atoms with E-state index in [0.29, 0.717) is 44.1 Å². The number of oxazole rings is 1. The average Bonchev–Trinajstić information content (AvgIpc) is 3.35. The highest BCUT2D eigenvalue weighted by molar-refractivity contribution is 7.98. The van der Waals surface area contributed by atoms with Crippen LogP contribution < -0.4 is 10.5 Å². The molecule has 2 aromatic heterocycles. The van der Waals surface area contributed by atoms with Crippen molar-refractivity contribution in [3.8, 4) is 40.3 Å². The number of nitrogen functional groups attached to an aromatic ring is 1. The first kappa shape index (κ1) is 24.1. The average molecular weight is 504 g/mol. The third-order valence-corrected chi connectivity index (χ3v) is 6.25. The topological polar surface area (TPSA) is 142 Å². The fourth-order valence-electron chi connectivity index (χ4n) is 3.42. The minimum atomic E-state index is -0.106. The van der Waals surface area contributed by atoms with E-state index in [1.165, 1.54) is 18.2 Å². The summed E-state index contributed by atoms with van der Waals surface area (Å²) in [7, 11) is 0. The lowest BCUT2D eigenvalue weighted by Gasteiger charge is -2.13. The van der Waals surface area contributed by atoms with Gasteiger partial charge in [0.15, 0.2) is 12.2 Å². The van der Waals surface area contributed by atoms with E-state index in [1.807, 2.05) is 12.1 Å². The normalized spacial score (nSPS) is 10.5. The van der Waals surface area contributed by atoms with E-state index >= 15 is 0 Å². The van der Waals surface area contributed by atoms with Gasteiger partial charge in [-0.2, -0.15) is 10.5 Å². The van der Waals surface area contributed by atoms with Crippen molar-refractivity contribution in [2.75, 3.05) is 18.9 Å². The molecule has 0 spiro atoms. The molecule has 3 N–H and O–H groups in total. The molecular weight excluding hydrogens is 486 g/mol. The van der Waals surface area contributed by atoms with E-state index in [0.717, 1.165) is 5.56 Å². The molecule has 174 valence electrons. The van der Waals surface area contributed by atoms with Crippen LogP contribution in [0.2, 0.25) is 5.02 Å². The van der Waals surface area contributed by atoms with Crippen molar-refractivity contribution >= 4 is 29.2 Å². The first-order valence-corrected chi connectivity index (χ1v) is 11.7. The summed E-state index contributed by atoms with van der Waals surface area (Å²) in [5, 5.41) is 29.7. The number of benzene rings is 2. The van der Waals surface area contributed by atoms with Crippen molar-refractivity contribution in [3.63, 3.8) is 0 Å². The standard InChI is InChI=1S/C25H18ClN5O3S/c26-17-5-1-16(2-6-17)23-21(30-14-34-23)13-35-25-20(12-28)22(19(11-27)24(29)31-25)15-3-7-18(8-4-15)33-10-9-32/h1-8,14,32H,9-10,13H2,(H2,29,31). The van der Waals surface area contributed by atoms with Gasteiger partial charge in [-0.3, -0.25) is 0 Å². The van der Waals surface area contributed by atoms with Crippen LogP contribution >= 0.6 is 23.4 Å². The number of aliphatic hydroxyl groups is 1. The summed E-state index contributed by atoms with van der Waals surface area (Å²) in [5.74, 6) is 1.53. The summed E-state index contributed by atoms with van der Waals surface area (Å²) in [6.45, 7) is 0.0565. The molecule has 0 radical (unpaired) electrons. The largest absolute Gasteiger partial charge is 0.491 e. The maximum absolute atomic E-state index is 10.0. The number of nitrogens with two attached hydrogens (primary N) is 1. The number of nitrogens with zero attached hydrogens (tertiary/aromatic N) is 4. The van der Waals surface area contributed by atoms with Gasteiger partial charge in [-0.25, -0.2) is 9.97 Å². The van der Waals surface area contributed by atoms with E-state index in [4.69, 9.17) is 31.6 Å². The Bertz CT molecular complexity index is 1420. The molecule has 4 aromatic rings. The second-order valence-electron chi connectivity index (χ2n) is 7.17. The molecule has 35 heavy (non-hydrogen) atoms. The summed E-state index contributed by atoms with van der Waals surface area (Å²) >= 11 is 7.26. The van der Waals surface area contributed by atoms with Crippen molar-refractivity contribution in [3.05, 3.63) is 76.8 Å². The highest BCUT2D eigenvalue weighted by atomic mass is 35.5. The van der Waals surface area contributed by atoms with E-state index in [2.05, 4.69) is 22.1 Å². The fraction of sp³-hybridized carbons (Fsp3) is 0.120. The summed E-state index contributed by atoms with van der Waals surface area (Å²) in [4.78, 5) is 8.65. The number of nitriles is 2. The van der Waals surface area contributed by atoms with Gasteiger partial charge in [-0.05, 0) is 42.0 Å². The van der Waals surface area contributed by atoms with Crippen LogP contribution in [0.25, 0.3) is 22.5 Å². The summed E-state index contributed by atoms with van der Waals surface area (Å²) in [6, 6.07) is 18.3. The number of rotatable bonds is 8. The number of pyridine rings is 1. The number of aliphatic hydroxyl groups excluding tert-OH is 1. The van der Waals surface area contributed by atoms with Crippen molar-refractivity contribution < 1.29 is 14.3 Å². The second kappa shape index (κ2) is 10.9. The molecule has 0 bridgehead atoms. The lowest BCUT2D eigenvalue weighted by molar-refractivity contribution is 0.201. The summed E-state index contributed by atoms with van der Waals surface area (Å²) in [5.41, 5.74) is 8.98. The van der Waals surface area contributed by atoms with Gasteiger partial charge < -0.3 is 20.0 Å². The molecule has 2 aromatic carbocycles. The number of thioether (sulfide) groups is 1. The Morgan fingerprint density at radius 2 is 1.71 bits per heavy atom. The molecule has 0 aliphatic heterocycles. The van der Waals surface area contributed by atoms with Crippen LogP contribution in [0.3, 0.4) is 0 Å². The number of anilines is 1. The molecule has 0 saturated heterocycles. The monoisotopic (exact) mass is 503 g/mol. The number of hydrogen-bond donors (Lipinski definition) is 2. The molecule has 2 heterocycles. The Balaban J connectivity index is 1.68. The highest BCUT2D eigenvalue weighted by Gasteiger charge is 2.21. The van der Waals surface area contributed by atoms with Crippen molar-refractivity contribution in [1.82, 2.24) is 9.97 Å². The Hall–Kier alpha value is -4.02. The second-order valence-corrected chi connectivity index (χ2v) is 8.57. The minimum absolute atomic E-state index is 0.0303. The van der Waals surface area contributed by atoms with Crippen molar-refractivity contribution in [1.29, 1.82) is 10.5 Å². The fourth-order valence-corrected chi connectivity index (χ4v) is 4.48. The molecule has 0 aliphatic rings. The number of ether oxygens (including phenoxy) is 1. The SMILES string of the molecule is N#Cc1c(N)nc(SCc2ncoc2-c2ccc(Cl)cc2)c(C#N)c1-c1ccc(OCCO)cc1. The molecular formula is C25H18ClN5O3S. The zero-order valence-corrected chi connectivity index (χ0v) is 19.8. The van der Waals surface area contributed by atoms with Gasteiger partial charge in [0.25, 0.3) is 0 Å². The zero-order valence-electron chi connectivity index (χ0n) is 18.2. The first-order valence-electron chi connectivity index (χ1n) is 10.3. The van der Waals surface area contributed by atoms with Gasteiger partial charge in [-0.1, -0.05) is 35.5 Å². The van der Waals surface area contributed by atoms with E-state index < -0.39 is 0 Å². The Labute approximate surface area is 210 Å². The maximum Gasteiger partial charge on any atom is 0.181 e. The van der Waals surface area contributed by atoms with Gasteiger partial charge in [-0.15, -0.1) is 0 Å². The van der Waals surface area contributed by atoms with Crippen LogP contribution in [-0.4, -0.2) is 28.3 Å². The van der Waals surface area contributed by atoms with Gasteiger partial charge in [0.2, 0.25) is 0 Å². The van der Waals surface area contributed by atoms with Crippen LogP contribution in [0.4, 0.5) is 5.82 Å². The molecule has 8 nitrogen and oxygen atoms in total. The smallest absolute Gasteiger partial charge is 0.181 e. The molecule has 0 atom stereocenters. The third kappa shape index (κ3) is 5.23. The van der Waals surface area contributed by atoms with Crippen LogP contribution in [0.1, 0.15) is 16.8 Å². The predicted octanol–water partition coefficient (Wildman–Crippen LogP) is 5.05. The van der Waals surface area contributed by atoms with Crippen LogP contribution in [0, 0.1) is 22.7 Å². The molecule has 0 saturated carbocycles. The lowest BCUT2D eigenvalue weighted by Crippen LogP contribution is -2.04. The predicted molar refractivity (Wildman–Crippen MR) is 133 cm³/mol. The number of halogens is 1. The molecule has 0 aliphatic carbocycles. The molecule has 0 fully saturated rings. The molecule has 10 heteroatoms. The van der Waals surface area contributed by atoms with E-state index in [-0.39, 0.29) is 30.2 Å². The molecule has 4 rings (SSSR count). The van der Waals surface area contributed by atoms with Crippen molar-refractivity contribution in [2.24, 2.45) is 0 Å². The van der Waals surface area contributed by atoms with E-state index in [1.54, 1.807) is 36.4 Å². The third-order valence-electron chi connectivity index (χ3n) is 5.01. The van der Waals surface area contributed by atoms with Crippen LogP contribution in [0.15, 0.2) is 64.4 Å². The van der Waals surface area contributed by atoms with Crippen molar-refractivity contribution in [2.45, 2.75) is 10.8 Å². The summed E-state index contributed by atoms with van der Waals surface area (Å²) in [6.07, 6.45) is 1.36. The zero-order chi connectivity index (χ0) is 24.8. The highest BCUT2D eigenvalue weighted by Crippen LogP contribution is 2.38. The molecule has 0 unspecified atom stereocenters. The Kier molecular flexibility index (Phi) is 7.54. The lowest BCUT2D eigenvalue weighted by atomic mass is 9.97. The molecule has 0 amide bonds. The van der Waals surface area contributed by atoms with E-state index in [9.17, 15) is 10.5 Å². The number of aromatic nitrogens is 2.